The average molecular weight is 233 g/mol. The number of nitrogens with one attached hydrogen (secondary N) is 1. The Balaban J connectivity index is 2.04. The van der Waals surface area contributed by atoms with E-state index in [9.17, 15) is 4.79 Å². The van der Waals surface area contributed by atoms with Crippen molar-refractivity contribution in [3.05, 3.63) is 11.5 Å². The minimum Gasteiger partial charge on any atom is -0.332 e. The molecule has 1 atom stereocenters. The molecule has 1 fully saturated rings. The standard InChI is InChI=1S/C10H11N5O2/c1-5-12-9-8(15-17-10(9)14-13-5)7-4-6(16)2-3-11-7/h7,11H,2-4H2,1H3. The van der Waals surface area contributed by atoms with Crippen LogP contribution in [0.3, 0.4) is 0 Å². The van der Waals surface area contributed by atoms with Gasteiger partial charge in [-0.15, -0.1) is 10.2 Å². The van der Waals surface area contributed by atoms with Crippen molar-refractivity contribution >= 4 is 17.0 Å². The fourth-order valence-corrected chi connectivity index (χ4v) is 1.97. The van der Waals surface area contributed by atoms with Crippen LogP contribution in [-0.4, -0.2) is 32.7 Å². The van der Waals surface area contributed by atoms with Gasteiger partial charge in [0.15, 0.2) is 5.52 Å². The van der Waals surface area contributed by atoms with E-state index >= 15 is 0 Å². The lowest BCUT2D eigenvalue weighted by atomic mass is 10.0. The molecule has 0 spiro atoms. The molecule has 0 saturated carbocycles. The van der Waals surface area contributed by atoms with Gasteiger partial charge in [-0.1, -0.05) is 5.16 Å². The Bertz CT molecular complexity index is 579. The Kier molecular flexibility index (Phi) is 2.32. The smallest absolute Gasteiger partial charge is 0.295 e. The lowest BCUT2D eigenvalue weighted by molar-refractivity contribution is -0.120. The van der Waals surface area contributed by atoms with E-state index in [1.165, 1.54) is 0 Å². The van der Waals surface area contributed by atoms with Crippen molar-refractivity contribution in [1.29, 1.82) is 0 Å². The first-order valence-corrected chi connectivity index (χ1v) is 5.46. The van der Waals surface area contributed by atoms with E-state index in [1.807, 2.05) is 0 Å². The molecule has 3 heterocycles. The van der Waals surface area contributed by atoms with Crippen LogP contribution >= 0.6 is 0 Å². The van der Waals surface area contributed by atoms with Gasteiger partial charge in [-0.25, -0.2) is 4.98 Å². The SMILES string of the molecule is Cc1nnc2onc(C3CC(=O)CCN3)c2n1. The lowest BCUT2D eigenvalue weighted by Gasteiger charge is -2.20. The summed E-state index contributed by atoms with van der Waals surface area (Å²) >= 11 is 0. The molecule has 0 aliphatic carbocycles. The van der Waals surface area contributed by atoms with Gasteiger partial charge < -0.3 is 9.84 Å². The highest BCUT2D eigenvalue weighted by Crippen LogP contribution is 2.25. The molecule has 2 aromatic rings. The fraction of sp³-hybridized carbons (Fsp3) is 0.500. The number of aryl methyl sites for hydroxylation is 1. The second-order valence-electron chi connectivity index (χ2n) is 4.08. The molecular weight excluding hydrogens is 222 g/mol. The summed E-state index contributed by atoms with van der Waals surface area (Å²) in [5.74, 6) is 0.785. The number of carbonyl (C=O) groups is 1. The van der Waals surface area contributed by atoms with Gasteiger partial charge in [0.1, 0.15) is 17.3 Å². The zero-order valence-corrected chi connectivity index (χ0v) is 9.30. The molecule has 0 aromatic carbocycles. The summed E-state index contributed by atoms with van der Waals surface area (Å²) in [6.07, 6.45) is 0.989. The monoisotopic (exact) mass is 233 g/mol. The number of aromatic nitrogens is 4. The highest BCUT2D eigenvalue weighted by atomic mass is 16.5. The van der Waals surface area contributed by atoms with E-state index in [-0.39, 0.29) is 11.8 Å². The van der Waals surface area contributed by atoms with Crippen molar-refractivity contribution in [3.8, 4) is 0 Å². The Morgan fingerprint density at radius 1 is 1.41 bits per heavy atom. The van der Waals surface area contributed by atoms with Gasteiger partial charge in [-0.05, 0) is 6.92 Å². The molecule has 2 aromatic heterocycles. The van der Waals surface area contributed by atoms with E-state index in [2.05, 4.69) is 25.7 Å². The van der Waals surface area contributed by atoms with Crippen molar-refractivity contribution < 1.29 is 9.32 Å². The molecule has 1 unspecified atom stereocenters. The van der Waals surface area contributed by atoms with E-state index in [0.717, 1.165) is 0 Å². The van der Waals surface area contributed by atoms with Crippen LogP contribution in [0.5, 0.6) is 0 Å². The van der Waals surface area contributed by atoms with Crippen LogP contribution in [-0.2, 0) is 4.79 Å². The van der Waals surface area contributed by atoms with E-state index in [0.29, 0.717) is 42.1 Å². The number of rotatable bonds is 1. The highest BCUT2D eigenvalue weighted by molar-refractivity contribution is 5.81. The van der Waals surface area contributed by atoms with Crippen LogP contribution in [0.2, 0.25) is 0 Å². The molecular formula is C10H11N5O2. The molecule has 7 nitrogen and oxygen atoms in total. The summed E-state index contributed by atoms with van der Waals surface area (Å²) in [5, 5.41) is 14.8. The predicted molar refractivity (Wildman–Crippen MR) is 57.1 cm³/mol. The van der Waals surface area contributed by atoms with Gasteiger partial charge in [-0.2, -0.15) is 0 Å². The minimum absolute atomic E-state index is 0.131. The van der Waals surface area contributed by atoms with Crippen molar-refractivity contribution in [2.75, 3.05) is 6.54 Å². The second-order valence-corrected chi connectivity index (χ2v) is 4.08. The van der Waals surface area contributed by atoms with E-state index < -0.39 is 0 Å². The summed E-state index contributed by atoms with van der Waals surface area (Å²) in [5.41, 5.74) is 1.54. The average Bonchev–Trinajstić information content (AvgIpc) is 2.71. The van der Waals surface area contributed by atoms with Crippen LogP contribution in [0, 0.1) is 6.92 Å². The maximum Gasteiger partial charge on any atom is 0.295 e. The zero-order chi connectivity index (χ0) is 11.8. The summed E-state index contributed by atoms with van der Waals surface area (Å²) in [6.45, 7) is 2.41. The van der Waals surface area contributed by atoms with Crippen LogP contribution in [0.1, 0.15) is 30.4 Å². The number of Topliss-reactive ketones (excluding diaryl/α,β-unsaturated/α-hetero) is 1. The van der Waals surface area contributed by atoms with Crippen molar-refractivity contribution in [2.45, 2.75) is 25.8 Å². The molecule has 3 rings (SSSR count). The van der Waals surface area contributed by atoms with Gasteiger partial charge in [0.05, 0.1) is 6.04 Å². The van der Waals surface area contributed by atoms with Gasteiger partial charge in [-0.3, -0.25) is 4.79 Å². The number of piperidine rings is 1. The Hall–Kier alpha value is -1.89. The zero-order valence-electron chi connectivity index (χ0n) is 9.30. The highest BCUT2D eigenvalue weighted by Gasteiger charge is 2.26. The first-order valence-electron chi connectivity index (χ1n) is 5.46. The molecule has 1 aliphatic heterocycles. The normalized spacial score (nSPS) is 21.0. The summed E-state index contributed by atoms with van der Waals surface area (Å²) in [7, 11) is 0. The number of hydrogen-bond acceptors (Lipinski definition) is 7. The Morgan fingerprint density at radius 2 is 2.29 bits per heavy atom. The molecule has 0 radical (unpaired) electrons. The number of ketones is 1. The predicted octanol–water partition coefficient (Wildman–Crippen LogP) is 0.315. The Labute approximate surface area is 96.6 Å². The van der Waals surface area contributed by atoms with E-state index in [4.69, 9.17) is 4.52 Å². The third-order valence-electron chi connectivity index (χ3n) is 2.79. The number of hydrogen-bond donors (Lipinski definition) is 1. The number of carbonyl (C=O) groups excluding carboxylic acids is 1. The third-order valence-corrected chi connectivity index (χ3v) is 2.79. The van der Waals surface area contributed by atoms with Crippen molar-refractivity contribution in [3.63, 3.8) is 0 Å². The van der Waals surface area contributed by atoms with Crippen LogP contribution < -0.4 is 5.32 Å². The molecule has 17 heavy (non-hydrogen) atoms. The molecule has 1 N–H and O–H groups in total. The lowest BCUT2D eigenvalue weighted by Crippen LogP contribution is -2.32. The fourth-order valence-electron chi connectivity index (χ4n) is 1.97. The second kappa shape index (κ2) is 3.85. The summed E-state index contributed by atoms with van der Waals surface area (Å²) in [6, 6.07) is -0.131. The quantitative estimate of drug-likeness (QED) is 0.757. The first-order chi connectivity index (χ1) is 8.24. The van der Waals surface area contributed by atoms with Crippen LogP contribution in [0.25, 0.3) is 11.2 Å². The van der Waals surface area contributed by atoms with Crippen molar-refractivity contribution in [2.24, 2.45) is 0 Å². The maximum absolute atomic E-state index is 11.4. The summed E-state index contributed by atoms with van der Waals surface area (Å²) in [4.78, 5) is 15.7. The molecule has 0 bridgehead atoms. The van der Waals surface area contributed by atoms with Gasteiger partial charge in [0.2, 0.25) is 0 Å². The molecule has 0 amide bonds. The van der Waals surface area contributed by atoms with Gasteiger partial charge in [0, 0.05) is 19.4 Å². The molecule has 1 aliphatic rings. The molecule has 7 heteroatoms. The van der Waals surface area contributed by atoms with E-state index in [1.54, 1.807) is 6.92 Å². The summed E-state index contributed by atoms with van der Waals surface area (Å²) < 4.78 is 5.06. The van der Waals surface area contributed by atoms with Gasteiger partial charge in [0.25, 0.3) is 5.71 Å². The minimum atomic E-state index is -0.131. The van der Waals surface area contributed by atoms with Crippen LogP contribution in [0.15, 0.2) is 4.52 Å². The maximum atomic E-state index is 11.4. The van der Waals surface area contributed by atoms with Crippen molar-refractivity contribution in [1.82, 2.24) is 25.7 Å². The third kappa shape index (κ3) is 1.78. The Morgan fingerprint density at radius 3 is 3.12 bits per heavy atom. The largest absolute Gasteiger partial charge is 0.332 e. The number of fused-ring (bicyclic) bond motifs is 1. The first kappa shape index (κ1) is 10.3. The van der Waals surface area contributed by atoms with Crippen LogP contribution in [0.4, 0.5) is 0 Å². The van der Waals surface area contributed by atoms with Gasteiger partial charge >= 0.3 is 0 Å². The number of nitrogens with zero attached hydrogens (tertiary/aromatic N) is 4. The molecule has 88 valence electrons. The molecule has 1 saturated heterocycles. The topological polar surface area (TPSA) is 93.8 Å².